The van der Waals surface area contributed by atoms with E-state index in [-0.39, 0.29) is 25.0 Å². The van der Waals surface area contributed by atoms with Crippen LogP contribution in [0.2, 0.25) is 0 Å². The lowest BCUT2D eigenvalue weighted by molar-refractivity contribution is -0.125. The van der Waals surface area contributed by atoms with Crippen LogP contribution in [-0.4, -0.2) is 32.1 Å². The molecule has 0 saturated carbocycles. The molecule has 2 rings (SSSR count). The van der Waals surface area contributed by atoms with E-state index in [1.54, 1.807) is 18.2 Å². The Labute approximate surface area is 160 Å². The zero-order valence-corrected chi connectivity index (χ0v) is 16.1. The molecule has 0 unspecified atom stereocenters. The summed E-state index contributed by atoms with van der Waals surface area (Å²) in [6.07, 6.45) is 0. The van der Waals surface area contributed by atoms with Gasteiger partial charge in [-0.3, -0.25) is 9.59 Å². The number of rotatable bonds is 7. The lowest BCUT2D eigenvalue weighted by Crippen LogP contribution is -2.35. The Morgan fingerprint density at radius 3 is 2.56 bits per heavy atom. The third kappa shape index (κ3) is 5.93. The van der Waals surface area contributed by atoms with Gasteiger partial charge in [-0.2, -0.15) is 0 Å². The Morgan fingerprint density at radius 1 is 1.08 bits per heavy atom. The Balaban J connectivity index is 1.81. The highest BCUT2D eigenvalue weighted by Gasteiger charge is 2.10. The summed E-state index contributed by atoms with van der Waals surface area (Å²) in [5.41, 5.74) is 1.56. The second-order valence-electron chi connectivity index (χ2n) is 5.25. The van der Waals surface area contributed by atoms with Crippen molar-refractivity contribution in [2.45, 2.75) is 6.92 Å². The van der Waals surface area contributed by atoms with E-state index in [1.807, 2.05) is 31.2 Å². The van der Waals surface area contributed by atoms with E-state index in [0.29, 0.717) is 17.2 Å². The molecule has 0 fully saturated rings. The number of ether oxygens (including phenoxy) is 2. The van der Waals surface area contributed by atoms with Crippen LogP contribution in [0.15, 0.2) is 42.5 Å². The zero-order chi connectivity index (χ0) is 18.2. The summed E-state index contributed by atoms with van der Waals surface area (Å²) in [7, 11) is 1.53. The van der Waals surface area contributed by atoms with Gasteiger partial charge in [0.1, 0.15) is 11.5 Å². The number of hydrogen-bond donors (Lipinski definition) is 2. The molecule has 0 spiro atoms. The number of anilines is 1. The molecule has 0 aliphatic rings. The van der Waals surface area contributed by atoms with Crippen molar-refractivity contribution in [2.75, 3.05) is 25.6 Å². The van der Waals surface area contributed by atoms with Gasteiger partial charge in [-0.05, 0) is 59.3 Å². The second-order valence-corrected chi connectivity index (χ2v) is 6.41. The first-order valence-corrected chi connectivity index (χ1v) is 8.66. The van der Waals surface area contributed by atoms with E-state index in [9.17, 15) is 9.59 Å². The highest BCUT2D eigenvalue weighted by Crippen LogP contribution is 2.25. The first-order valence-electron chi connectivity index (χ1n) is 7.58. The van der Waals surface area contributed by atoms with E-state index < -0.39 is 0 Å². The minimum absolute atomic E-state index is 0.148. The van der Waals surface area contributed by atoms with Crippen molar-refractivity contribution in [3.63, 3.8) is 0 Å². The molecule has 7 heteroatoms. The van der Waals surface area contributed by atoms with Crippen LogP contribution in [0.1, 0.15) is 5.56 Å². The maximum absolute atomic E-state index is 12.0. The molecule has 0 aliphatic heterocycles. The summed E-state index contributed by atoms with van der Waals surface area (Å²) in [6.45, 7) is 1.62. The van der Waals surface area contributed by atoms with E-state index >= 15 is 0 Å². The number of hydrogen-bond acceptors (Lipinski definition) is 4. The summed E-state index contributed by atoms with van der Waals surface area (Å²) in [5.74, 6) is 0.483. The fourth-order valence-electron chi connectivity index (χ4n) is 2.05. The van der Waals surface area contributed by atoms with Crippen LogP contribution >= 0.6 is 22.6 Å². The molecule has 0 bridgehead atoms. The molecule has 6 nitrogen and oxygen atoms in total. The molecule has 0 aromatic heterocycles. The number of methoxy groups -OCH3 is 1. The quantitative estimate of drug-likeness (QED) is 0.631. The number of aryl methyl sites for hydroxylation is 1. The van der Waals surface area contributed by atoms with Gasteiger partial charge < -0.3 is 20.1 Å². The number of carbonyl (C=O) groups excluding carboxylic acids is 2. The van der Waals surface area contributed by atoms with E-state index in [1.165, 1.54) is 7.11 Å². The average molecular weight is 454 g/mol. The molecule has 0 atom stereocenters. The molecule has 132 valence electrons. The minimum Gasteiger partial charge on any atom is -0.495 e. The van der Waals surface area contributed by atoms with Gasteiger partial charge in [0.15, 0.2) is 6.61 Å². The first kappa shape index (κ1) is 19.0. The van der Waals surface area contributed by atoms with E-state index in [2.05, 4.69) is 33.2 Å². The Morgan fingerprint density at radius 2 is 1.84 bits per heavy atom. The van der Waals surface area contributed by atoms with Gasteiger partial charge >= 0.3 is 0 Å². The summed E-state index contributed by atoms with van der Waals surface area (Å²) in [5, 5.41) is 5.25. The van der Waals surface area contributed by atoms with Crippen LogP contribution in [0.5, 0.6) is 11.5 Å². The van der Waals surface area contributed by atoms with Crippen LogP contribution in [0.4, 0.5) is 5.69 Å². The Bertz CT molecular complexity index is 764. The lowest BCUT2D eigenvalue weighted by atomic mass is 10.2. The van der Waals surface area contributed by atoms with Crippen molar-refractivity contribution < 1.29 is 19.1 Å². The number of benzene rings is 2. The van der Waals surface area contributed by atoms with Gasteiger partial charge in [0.2, 0.25) is 5.91 Å². The highest BCUT2D eigenvalue weighted by molar-refractivity contribution is 14.1. The maximum Gasteiger partial charge on any atom is 0.258 e. The molecule has 0 aliphatic carbocycles. The first-order chi connectivity index (χ1) is 12.0. The number of halogens is 1. The predicted octanol–water partition coefficient (Wildman–Crippen LogP) is 2.74. The standard InChI is InChI=1S/C18H19IN2O4/c1-12-7-8-16(24-2)14(9-12)21-17(22)10-20-18(23)11-25-15-6-4-3-5-13(15)19/h3-9H,10-11H2,1-2H3,(H,20,23)(H,21,22). The lowest BCUT2D eigenvalue weighted by Gasteiger charge is -2.12. The van der Waals surface area contributed by atoms with Crippen LogP contribution in [0.25, 0.3) is 0 Å². The monoisotopic (exact) mass is 454 g/mol. The molecule has 0 heterocycles. The van der Waals surface area contributed by atoms with Crippen molar-refractivity contribution in [3.8, 4) is 11.5 Å². The molecule has 2 amide bonds. The summed E-state index contributed by atoms with van der Waals surface area (Å²) < 4.78 is 11.5. The molecule has 2 N–H and O–H groups in total. The normalized spacial score (nSPS) is 10.0. The van der Waals surface area contributed by atoms with Crippen molar-refractivity contribution >= 4 is 40.1 Å². The van der Waals surface area contributed by atoms with Crippen molar-refractivity contribution in [1.29, 1.82) is 0 Å². The Kier molecular flexibility index (Phi) is 7.05. The van der Waals surface area contributed by atoms with Crippen LogP contribution in [0, 0.1) is 10.5 Å². The number of para-hydroxylation sites is 1. The molecule has 2 aromatic carbocycles. The molecule has 0 saturated heterocycles. The minimum atomic E-state index is -0.369. The zero-order valence-electron chi connectivity index (χ0n) is 14.0. The van der Waals surface area contributed by atoms with Gasteiger partial charge in [-0.1, -0.05) is 18.2 Å². The SMILES string of the molecule is COc1ccc(C)cc1NC(=O)CNC(=O)COc1ccccc1I. The Hall–Kier alpha value is -2.29. The molecular weight excluding hydrogens is 435 g/mol. The smallest absolute Gasteiger partial charge is 0.258 e. The summed E-state index contributed by atoms with van der Waals surface area (Å²) >= 11 is 2.13. The van der Waals surface area contributed by atoms with Crippen molar-refractivity contribution in [3.05, 3.63) is 51.6 Å². The molecule has 0 radical (unpaired) electrons. The fraction of sp³-hybridized carbons (Fsp3) is 0.222. The largest absolute Gasteiger partial charge is 0.495 e. The van der Waals surface area contributed by atoms with Crippen LogP contribution < -0.4 is 20.1 Å². The molecule has 25 heavy (non-hydrogen) atoms. The average Bonchev–Trinajstić information content (AvgIpc) is 2.59. The number of carbonyl (C=O) groups is 2. The number of amides is 2. The maximum atomic E-state index is 12.0. The van der Waals surface area contributed by atoms with Gasteiger partial charge in [-0.25, -0.2) is 0 Å². The van der Waals surface area contributed by atoms with Crippen molar-refractivity contribution in [2.24, 2.45) is 0 Å². The van der Waals surface area contributed by atoms with Gasteiger partial charge in [-0.15, -0.1) is 0 Å². The topological polar surface area (TPSA) is 76.7 Å². The van der Waals surface area contributed by atoms with Crippen LogP contribution in [-0.2, 0) is 9.59 Å². The van der Waals surface area contributed by atoms with Gasteiger partial charge in [0.05, 0.1) is 22.9 Å². The van der Waals surface area contributed by atoms with Gasteiger partial charge in [0.25, 0.3) is 5.91 Å². The second kappa shape index (κ2) is 9.26. The summed E-state index contributed by atoms with van der Waals surface area (Å²) in [4.78, 5) is 23.8. The predicted molar refractivity (Wildman–Crippen MR) is 104 cm³/mol. The third-order valence-corrected chi connectivity index (χ3v) is 4.16. The molecular formula is C18H19IN2O4. The van der Waals surface area contributed by atoms with Crippen molar-refractivity contribution in [1.82, 2.24) is 5.32 Å². The van der Waals surface area contributed by atoms with Gasteiger partial charge in [0, 0.05) is 0 Å². The molecule has 2 aromatic rings. The fourth-order valence-corrected chi connectivity index (χ4v) is 2.59. The van der Waals surface area contributed by atoms with Crippen LogP contribution in [0.3, 0.4) is 0 Å². The summed E-state index contributed by atoms with van der Waals surface area (Å²) in [6, 6.07) is 12.9. The van der Waals surface area contributed by atoms with E-state index in [4.69, 9.17) is 9.47 Å². The van der Waals surface area contributed by atoms with E-state index in [0.717, 1.165) is 9.13 Å². The highest BCUT2D eigenvalue weighted by atomic mass is 127. The third-order valence-electron chi connectivity index (χ3n) is 3.27. The number of nitrogens with one attached hydrogen (secondary N) is 2.